The van der Waals surface area contributed by atoms with Crippen LogP contribution in [0.2, 0.25) is 0 Å². The fourth-order valence-corrected chi connectivity index (χ4v) is 1.65. The Morgan fingerprint density at radius 2 is 2.14 bits per heavy atom. The topological polar surface area (TPSA) is 108 Å². The number of ether oxygens (including phenoxy) is 2. The van der Waals surface area contributed by atoms with Crippen LogP contribution in [-0.4, -0.2) is 30.3 Å². The van der Waals surface area contributed by atoms with Crippen LogP contribution >= 0.6 is 24.0 Å². The molecule has 0 saturated heterocycles. The Morgan fingerprint density at radius 1 is 1.36 bits per heavy atom. The second kappa shape index (κ2) is 8.41. The molecule has 2 rings (SSSR count). The van der Waals surface area contributed by atoms with Crippen LogP contribution in [0.5, 0.6) is 11.5 Å². The smallest absolute Gasteiger partial charge is 0.223 e. The molecule has 0 aliphatic carbocycles. The third-order valence-corrected chi connectivity index (χ3v) is 2.63. The minimum Gasteiger partial charge on any atom is -0.497 e. The van der Waals surface area contributed by atoms with Gasteiger partial charge in [0.15, 0.2) is 11.8 Å². The summed E-state index contributed by atoms with van der Waals surface area (Å²) in [6, 6.07) is 5.33. The number of nitrogens with two attached hydrogens (primary N) is 1. The molecule has 1 aromatic heterocycles. The van der Waals surface area contributed by atoms with Crippen molar-refractivity contribution in [1.29, 1.82) is 0 Å². The number of methoxy groups -OCH3 is 2. The van der Waals surface area contributed by atoms with Crippen LogP contribution < -0.4 is 20.5 Å². The van der Waals surface area contributed by atoms with Crippen LogP contribution in [0.4, 0.5) is 5.69 Å². The van der Waals surface area contributed by atoms with Gasteiger partial charge in [0.05, 0.1) is 19.9 Å². The van der Waals surface area contributed by atoms with E-state index < -0.39 is 0 Å². The molecule has 0 atom stereocenters. The molecule has 2 aromatic rings. The summed E-state index contributed by atoms with van der Waals surface area (Å²) in [5.41, 5.74) is 6.49. The number of aliphatic imine (C=N–C) groups is 1. The fraction of sp³-hybridized carbons (Fsp3) is 0.308. The van der Waals surface area contributed by atoms with Gasteiger partial charge in [-0.05, 0) is 12.1 Å². The summed E-state index contributed by atoms with van der Waals surface area (Å²) in [5.74, 6) is 2.48. The number of nitrogens with zero attached hydrogens (tertiary/aromatic N) is 3. The van der Waals surface area contributed by atoms with Gasteiger partial charge in [-0.25, -0.2) is 4.99 Å². The Balaban J connectivity index is 0.00000242. The third kappa shape index (κ3) is 4.76. The second-order valence-corrected chi connectivity index (χ2v) is 4.12. The van der Waals surface area contributed by atoms with Gasteiger partial charge in [0.1, 0.15) is 18.0 Å². The summed E-state index contributed by atoms with van der Waals surface area (Å²) < 4.78 is 15.3. The van der Waals surface area contributed by atoms with Crippen molar-refractivity contribution >= 4 is 35.6 Å². The number of guanidine groups is 1. The molecule has 0 spiro atoms. The highest BCUT2D eigenvalue weighted by Crippen LogP contribution is 2.28. The lowest BCUT2D eigenvalue weighted by atomic mass is 10.2. The number of aromatic nitrogens is 2. The molecular weight excluding hydrogens is 401 g/mol. The first-order chi connectivity index (χ1) is 10.1. The van der Waals surface area contributed by atoms with Crippen molar-refractivity contribution in [2.24, 2.45) is 10.7 Å². The van der Waals surface area contributed by atoms with Crippen molar-refractivity contribution < 1.29 is 14.0 Å². The Labute approximate surface area is 145 Å². The maximum Gasteiger partial charge on any atom is 0.223 e. The van der Waals surface area contributed by atoms with E-state index in [1.54, 1.807) is 39.3 Å². The Morgan fingerprint density at radius 3 is 2.73 bits per heavy atom. The van der Waals surface area contributed by atoms with Gasteiger partial charge in [0.2, 0.25) is 5.89 Å². The van der Waals surface area contributed by atoms with E-state index in [0.29, 0.717) is 28.9 Å². The van der Waals surface area contributed by atoms with Gasteiger partial charge in [-0.3, -0.25) is 0 Å². The first-order valence-electron chi connectivity index (χ1n) is 6.20. The number of aryl methyl sites for hydroxylation is 1. The average molecular weight is 419 g/mol. The monoisotopic (exact) mass is 419 g/mol. The number of nitrogens with one attached hydrogen (secondary N) is 1. The number of rotatable bonds is 5. The molecule has 22 heavy (non-hydrogen) atoms. The zero-order valence-electron chi connectivity index (χ0n) is 12.5. The van der Waals surface area contributed by atoms with Gasteiger partial charge in [-0.1, -0.05) is 5.16 Å². The summed E-state index contributed by atoms with van der Waals surface area (Å²) in [6.07, 6.45) is 0. The summed E-state index contributed by atoms with van der Waals surface area (Å²) in [5, 5.41) is 6.68. The normalized spacial score (nSPS) is 10.8. The molecule has 0 saturated carbocycles. The predicted molar refractivity (Wildman–Crippen MR) is 92.9 cm³/mol. The lowest BCUT2D eigenvalue weighted by Gasteiger charge is -2.11. The van der Waals surface area contributed by atoms with Crippen molar-refractivity contribution in [2.45, 2.75) is 13.5 Å². The summed E-state index contributed by atoms with van der Waals surface area (Å²) in [4.78, 5) is 8.17. The summed E-state index contributed by atoms with van der Waals surface area (Å²) >= 11 is 0. The van der Waals surface area contributed by atoms with Crippen LogP contribution in [0.3, 0.4) is 0 Å². The molecule has 3 N–H and O–H groups in total. The van der Waals surface area contributed by atoms with Crippen molar-refractivity contribution in [3.8, 4) is 11.5 Å². The first-order valence-corrected chi connectivity index (χ1v) is 6.20. The minimum absolute atomic E-state index is 0. The zero-order valence-corrected chi connectivity index (χ0v) is 14.8. The minimum atomic E-state index is 0. The number of hydrogen-bond donors (Lipinski definition) is 2. The number of anilines is 1. The molecule has 8 nitrogen and oxygen atoms in total. The van der Waals surface area contributed by atoms with Crippen LogP contribution in [0.1, 0.15) is 11.7 Å². The lowest BCUT2D eigenvalue weighted by Crippen LogP contribution is -2.23. The Hall–Kier alpha value is -2.04. The maximum absolute atomic E-state index is 5.83. The zero-order chi connectivity index (χ0) is 15.2. The van der Waals surface area contributed by atoms with Crippen LogP contribution in [0, 0.1) is 6.92 Å². The van der Waals surface area contributed by atoms with Crippen LogP contribution in [0.25, 0.3) is 0 Å². The van der Waals surface area contributed by atoms with E-state index in [-0.39, 0.29) is 36.5 Å². The van der Waals surface area contributed by atoms with Gasteiger partial charge in [-0.2, -0.15) is 4.98 Å². The van der Waals surface area contributed by atoms with Gasteiger partial charge in [0, 0.05) is 13.0 Å². The van der Waals surface area contributed by atoms with E-state index in [2.05, 4.69) is 20.4 Å². The number of halogens is 1. The highest BCUT2D eigenvalue weighted by Gasteiger charge is 2.07. The quantitative estimate of drug-likeness (QED) is 0.433. The molecule has 0 aliphatic heterocycles. The Bertz CT molecular complexity index is 644. The predicted octanol–water partition coefficient (Wildman–Crippen LogP) is 1.94. The molecule has 9 heteroatoms. The van der Waals surface area contributed by atoms with Crippen molar-refractivity contribution in [3.05, 3.63) is 29.9 Å². The van der Waals surface area contributed by atoms with E-state index in [1.165, 1.54) is 0 Å². The maximum atomic E-state index is 5.83. The molecule has 120 valence electrons. The highest BCUT2D eigenvalue weighted by molar-refractivity contribution is 14.0. The average Bonchev–Trinajstić information content (AvgIpc) is 2.90. The highest BCUT2D eigenvalue weighted by atomic mass is 127. The van der Waals surface area contributed by atoms with Crippen molar-refractivity contribution in [2.75, 3.05) is 19.5 Å². The number of hydrogen-bond acceptors (Lipinski definition) is 6. The van der Waals surface area contributed by atoms with E-state index in [4.69, 9.17) is 19.7 Å². The Kier molecular flexibility index (Phi) is 6.89. The molecule has 0 aliphatic rings. The molecule has 1 heterocycles. The standard InChI is InChI=1S/C13H17N5O3.HI/c1-8-16-12(18-21-8)7-15-13(14)17-10-6-9(19-2)4-5-11(10)20-3;/h4-6H,7H2,1-3H3,(H3,14,15,17);1H. The lowest BCUT2D eigenvalue weighted by molar-refractivity contribution is 0.387. The molecule has 0 bridgehead atoms. The first kappa shape index (κ1) is 18.0. The van der Waals surface area contributed by atoms with Gasteiger partial charge in [0.25, 0.3) is 0 Å². The summed E-state index contributed by atoms with van der Waals surface area (Å²) in [6.45, 7) is 1.94. The molecular formula is C13H18IN5O3. The van der Waals surface area contributed by atoms with Gasteiger partial charge in [-0.15, -0.1) is 24.0 Å². The van der Waals surface area contributed by atoms with Crippen LogP contribution in [-0.2, 0) is 6.54 Å². The van der Waals surface area contributed by atoms with E-state index in [0.717, 1.165) is 0 Å². The molecule has 0 radical (unpaired) electrons. The number of benzene rings is 1. The van der Waals surface area contributed by atoms with E-state index >= 15 is 0 Å². The van der Waals surface area contributed by atoms with Crippen molar-refractivity contribution in [1.82, 2.24) is 10.1 Å². The fourth-order valence-electron chi connectivity index (χ4n) is 1.65. The van der Waals surface area contributed by atoms with Crippen LogP contribution in [0.15, 0.2) is 27.7 Å². The van der Waals surface area contributed by atoms with Gasteiger partial charge < -0.3 is 25.0 Å². The molecule has 0 unspecified atom stereocenters. The SMILES string of the molecule is COc1ccc(OC)c(NC(N)=NCc2noc(C)n2)c1.I. The molecule has 0 fully saturated rings. The van der Waals surface area contributed by atoms with Crippen molar-refractivity contribution in [3.63, 3.8) is 0 Å². The molecule has 1 aromatic carbocycles. The second-order valence-electron chi connectivity index (χ2n) is 4.12. The third-order valence-electron chi connectivity index (χ3n) is 2.63. The van der Waals surface area contributed by atoms with Gasteiger partial charge >= 0.3 is 0 Å². The van der Waals surface area contributed by atoms with E-state index in [1.807, 2.05) is 0 Å². The van der Waals surface area contributed by atoms with E-state index in [9.17, 15) is 0 Å². The molecule has 0 amide bonds. The summed E-state index contributed by atoms with van der Waals surface area (Å²) in [7, 11) is 3.16. The largest absolute Gasteiger partial charge is 0.497 e.